The van der Waals surface area contributed by atoms with Crippen LogP contribution < -0.4 is 11.1 Å². The standard InChI is InChI=1S/C18H22N2O3S/c1-18(2,3)23-17(22)20-15(16(19)21)11-24-14-9-8-12-6-4-5-7-13(12)10-14/h4-10,15H,11H2,1-3H3,(H2,19,21)(H,20,22). The fourth-order valence-corrected chi connectivity index (χ4v) is 3.06. The minimum atomic E-state index is -0.795. The molecule has 1 unspecified atom stereocenters. The summed E-state index contributed by atoms with van der Waals surface area (Å²) >= 11 is 1.46. The number of ether oxygens (including phenoxy) is 1. The van der Waals surface area contributed by atoms with Crippen LogP contribution in [0.3, 0.4) is 0 Å². The lowest BCUT2D eigenvalue weighted by molar-refractivity contribution is -0.119. The van der Waals surface area contributed by atoms with E-state index in [0.717, 1.165) is 15.7 Å². The number of fused-ring (bicyclic) bond motifs is 1. The summed E-state index contributed by atoms with van der Waals surface area (Å²) in [6.45, 7) is 5.28. The molecule has 0 spiro atoms. The predicted octanol–water partition coefficient (Wildman–Crippen LogP) is 3.31. The van der Waals surface area contributed by atoms with Crippen molar-refractivity contribution in [1.29, 1.82) is 0 Å². The Morgan fingerprint density at radius 3 is 2.46 bits per heavy atom. The highest BCUT2D eigenvalue weighted by molar-refractivity contribution is 7.99. The number of amides is 2. The Bertz CT molecular complexity index is 740. The van der Waals surface area contributed by atoms with Gasteiger partial charge in [0.25, 0.3) is 0 Å². The van der Waals surface area contributed by atoms with Crippen molar-refractivity contribution in [3.63, 3.8) is 0 Å². The van der Waals surface area contributed by atoms with Gasteiger partial charge >= 0.3 is 6.09 Å². The number of nitrogens with two attached hydrogens (primary N) is 1. The van der Waals surface area contributed by atoms with Crippen molar-refractivity contribution >= 4 is 34.5 Å². The van der Waals surface area contributed by atoms with Crippen molar-refractivity contribution < 1.29 is 14.3 Å². The maximum Gasteiger partial charge on any atom is 0.408 e. The molecule has 0 heterocycles. The number of nitrogens with one attached hydrogen (secondary N) is 1. The van der Waals surface area contributed by atoms with Crippen molar-refractivity contribution in [2.24, 2.45) is 5.73 Å². The minimum Gasteiger partial charge on any atom is -0.444 e. The van der Waals surface area contributed by atoms with Gasteiger partial charge in [-0.25, -0.2) is 4.79 Å². The number of carbonyl (C=O) groups excluding carboxylic acids is 2. The van der Waals surface area contributed by atoms with Crippen LogP contribution in [0.4, 0.5) is 4.79 Å². The van der Waals surface area contributed by atoms with Crippen LogP contribution in [0.5, 0.6) is 0 Å². The monoisotopic (exact) mass is 346 g/mol. The van der Waals surface area contributed by atoms with Gasteiger partial charge in [0.2, 0.25) is 5.91 Å². The third-order valence-electron chi connectivity index (χ3n) is 3.17. The van der Waals surface area contributed by atoms with Crippen molar-refractivity contribution in [3.8, 4) is 0 Å². The highest BCUT2D eigenvalue weighted by Crippen LogP contribution is 2.24. The van der Waals surface area contributed by atoms with Crippen molar-refractivity contribution in [1.82, 2.24) is 5.32 Å². The highest BCUT2D eigenvalue weighted by atomic mass is 32.2. The van der Waals surface area contributed by atoms with E-state index in [-0.39, 0.29) is 0 Å². The SMILES string of the molecule is CC(C)(C)OC(=O)NC(CSc1ccc2ccccc2c1)C(N)=O. The van der Waals surface area contributed by atoms with E-state index < -0.39 is 23.6 Å². The zero-order valence-corrected chi connectivity index (χ0v) is 14.9. The van der Waals surface area contributed by atoms with Crippen LogP contribution in [0.2, 0.25) is 0 Å². The first kappa shape index (κ1) is 18.1. The molecule has 0 fully saturated rings. The normalized spacial score (nSPS) is 12.6. The Kier molecular flexibility index (Phi) is 5.72. The molecular weight excluding hydrogens is 324 g/mol. The molecule has 5 nitrogen and oxygen atoms in total. The second kappa shape index (κ2) is 7.57. The summed E-state index contributed by atoms with van der Waals surface area (Å²) in [5.41, 5.74) is 4.75. The summed E-state index contributed by atoms with van der Waals surface area (Å²) in [5, 5.41) is 4.80. The number of alkyl carbamates (subject to hydrolysis) is 1. The summed E-state index contributed by atoms with van der Waals surface area (Å²) in [6.07, 6.45) is -0.648. The topological polar surface area (TPSA) is 81.4 Å². The summed E-state index contributed by atoms with van der Waals surface area (Å²) in [4.78, 5) is 24.4. The Morgan fingerprint density at radius 1 is 1.17 bits per heavy atom. The molecule has 0 radical (unpaired) electrons. The number of thioether (sulfide) groups is 1. The van der Waals surface area contributed by atoms with Gasteiger partial charge < -0.3 is 15.8 Å². The molecule has 24 heavy (non-hydrogen) atoms. The Balaban J connectivity index is 1.99. The maximum atomic E-state index is 11.8. The number of hydrogen-bond acceptors (Lipinski definition) is 4. The zero-order chi connectivity index (χ0) is 17.7. The van der Waals surface area contributed by atoms with Gasteiger partial charge in [-0.2, -0.15) is 0 Å². The number of hydrogen-bond donors (Lipinski definition) is 2. The molecule has 0 saturated heterocycles. The first-order valence-electron chi connectivity index (χ1n) is 7.65. The molecule has 128 valence electrons. The molecule has 0 bridgehead atoms. The first-order valence-corrected chi connectivity index (χ1v) is 8.63. The Hall–Kier alpha value is -2.21. The van der Waals surface area contributed by atoms with Crippen LogP contribution in [-0.2, 0) is 9.53 Å². The van der Waals surface area contributed by atoms with Gasteiger partial charge in [0.05, 0.1) is 0 Å². The molecular formula is C18H22N2O3S. The lowest BCUT2D eigenvalue weighted by atomic mass is 10.1. The summed E-state index contributed by atoms with van der Waals surface area (Å²) in [6, 6.07) is 13.3. The largest absolute Gasteiger partial charge is 0.444 e. The minimum absolute atomic E-state index is 0.340. The molecule has 0 saturated carbocycles. The van der Waals surface area contributed by atoms with Gasteiger partial charge in [0, 0.05) is 10.6 Å². The summed E-state index contributed by atoms with van der Waals surface area (Å²) in [7, 11) is 0. The molecule has 2 aromatic rings. The van der Waals surface area contributed by atoms with E-state index in [9.17, 15) is 9.59 Å². The van der Waals surface area contributed by atoms with Gasteiger partial charge in [-0.3, -0.25) is 4.79 Å². The Labute approximate surface area is 145 Å². The third-order valence-corrected chi connectivity index (χ3v) is 4.26. The highest BCUT2D eigenvalue weighted by Gasteiger charge is 2.22. The van der Waals surface area contributed by atoms with E-state index in [1.54, 1.807) is 20.8 Å². The van der Waals surface area contributed by atoms with Gasteiger partial charge in [-0.15, -0.1) is 11.8 Å². The van der Waals surface area contributed by atoms with Gasteiger partial charge in [-0.05, 0) is 43.7 Å². The fraction of sp³-hybridized carbons (Fsp3) is 0.333. The Morgan fingerprint density at radius 2 is 1.83 bits per heavy atom. The molecule has 0 aliphatic rings. The average Bonchev–Trinajstić information content (AvgIpc) is 2.49. The summed E-state index contributed by atoms with van der Waals surface area (Å²) in [5.74, 6) is -0.249. The van der Waals surface area contributed by atoms with Crippen LogP contribution in [0.15, 0.2) is 47.4 Å². The number of carbonyl (C=O) groups is 2. The van der Waals surface area contributed by atoms with Crippen molar-refractivity contribution in [3.05, 3.63) is 42.5 Å². The van der Waals surface area contributed by atoms with Gasteiger partial charge in [0.1, 0.15) is 11.6 Å². The molecule has 3 N–H and O–H groups in total. The summed E-state index contributed by atoms with van der Waals surface area (Å²) < 4.78 is 5.16. The number of benzene rings is 2. The van der Waals surface area contributed by atoms with E-state index in [1.807, 2.05) is 42.5 Å². The first-order chi connectivity index (χ1) is 11.2. The molecule has 2 aromatic carbocycles. The molecule has 0 aromatic heterocycles. The maximum absolute atomic E-state index is 11.8. The molecule has 2 rings (SSSR count). The van der Waals surface area contributed by atoms with Crippen molar-refractivity contribution in [2.45, 2.75) is 37.3 Å². The quantitative estimate of drug-likeness (QED) is 0.814. The number of rotatable bonds is 5. The zero-order valence-electron chi connectivity index (χ0n) is 14.0. The van der Waals surface area contributed by atoms with Crippen molar-refractivity contribution in [2.75, 3.05) is 5.75 Å². The second-order valence-corrected chi connectivity index (χ2v) is 7.51. The van der Waals surface area contributed by atoms with Gasteiger partial charge in [0.15, 0.2) is 0 Å². The van der Waals surface area contributed by atoms with E-state index in [1.165, 1.54) is 11.8 Å². The van der Waals surface area contributed by atoms with E-state index in [0.29, 0.717) is 5.75 Å². The fourth-order valence-electron chi connectivity index (χ4n) is 2.08. The smallest absolute Gasteiger partial charge is 0.408 e. The van der Waals surface area contributed by atoms with Gasteiger partial charge in [-0.1, -0.05) is 30.3 Å². The van der Waals surface area contributed by atoms with Crippen LogP contribution in [0, 0.1) is 0 Å². The van der Waals surface area contributed by atoms with Crippen LogP contribution >= 0.6 is 11.8 Å². The molecule has 1 atom stereocenters. The molecule has 0 aliphatic heterocycles. The van der Waals surface area contributed by atoms with Crippen LogP contribution in [0.25, 0.3) is 10.8 Å². The second-order valence-electron chi connectivity index (χ2n) is 6.42. The van der Waals surface area contributed by atoms with Crippen LogP contribution in [-0.4, -0.2) is 29.4 Å². The lowest BCUT2D eigenvalue weighted by Gasteiger charge is -2.22. The average molecular weight is 346 g/mol. The molecule has 6 heteroatoms. The predicted molar refractivity (Wildman–Crippen MR) is 97.0 cm³/mol. The number of primary amides is 1. The lowest BCUT2D eigenvalue weighted by Crippen LogP contribution is -2.47. The molecule has 2 amide bonds. The van der Waals surface area contributed by atoms with E-state index >= 15 is 0 Å². The molecule has 0 aliphatic carbocycles. The van der Waals surface area contributed by atoms with Crippen LogP contribution in [0.1, 0.15) is 20.8 Å². The van der Waals surface area contributed by atoms with E-state index in [2.05, 4.69) is 5.32 Å². The van der Waals surface area contributed by atoms with E-state index in [4.69, 9.17) is 10.5 Å². The third kappa shape index (κ3) is 5.45.